The van der Waals surface area contributed by atoms with Crippen molar-refractivity contribution < 1.29 is 14.2 Å². The van der Waals surface area contributed by atoms with Crippen molar-refractivity contribution in [1.82, 2.24) is 0 Å². The average molecular weight is 372 g/mol. The van der Waals surface area contributed by atoms with Gasteiger partial charge in [0.25, 0.3) is 0 Å². The lowest BCUT2D eigenvalue weighted by Crippen LogP contribution is -2.05. The molecule has 0 heterocycles. The van der Waals surface area contributed by atoms with E-state index in [9.17, 15) is 0 Å². The fourth-order valence-corrected chi connectivity index (χ4v) is 2.51. The number of ether oxygens (including phenoxy) is 3. The largest absolute Gasteiger partial charge is 0.497 e. The third-order valence-corrected chi connectivity index (χ3v) is 3.60. The Morgan fingerprint density at radius 3 is 2.52 bits per heavy atom. The van der Waals surface area contributed by atoms with Crippen LogP contribution in [0.5, 0.6) is 17.2 Å². The molecule has 112 valence electrons. The minimum Gasteiger partial charge on any atom is -0.497 e. The zero-order chi connectivity index (χ0) is 15.1. The highest BCUT2D eigenvalue weighted by Crippen LogP contribution is 2.28. The van der Waals surface area contributed by atoms with E-state index in [1.54, 1.807) is 13.2 Å². The first-order valence-electron chi connectivity index (χ1n) is 6.54. The molecular formula is C16H16BrClO3. The second-order valence-electron chi connectivity index (χ2n) is 4.30. The molecule has 2 aromatic carbocycles. The van der Waals surface area contributed by atoms with Crippen LogP contribution < -0.4 is 14.2 Å². The molecule has 0 saturated carbocycles. The van der Waals surface area contributed by atoms with Gasteiger partial charge in [-0.3, -0.25) is 0 Å². The molecule has 0 amide bonds. The van der Waals surface area contributed by atoms with Crippen molar-refractivity contribution in [2.24, 2.45) is 0 Å². The van der Waals surface area contributed by atoms with Gasteiger partial charge >= 0.3 is 0 Å². The zero-order valence-corrected chi connectivity index (χ0v) is 14.0. The van der Waals surface area contributed by atoms with Gasteiger partial charge in [-0.05, 0) is 46.3 Å². The summed E-state index contributed by atoms with van der Waals surface area (Å²) in [7, 11) is 1.64. The number of hydrogen-bond donors (Lipinski definition) is 0. The van der Waals surface area contributed by atoms with Crippen molar-refractivity contribution in [3.8, 4) is 17.2 Å². The lowest BCUT2D eigenvalue weighted by molar-refractivity contribution is 0.246. The van der Waals surface area contributed by atoms with Crippen LogP contribution in [0.3, 0.4) is 0 Å². The summed E-state index contributed by atoms with van der Waals surface area (Å²) in [4.78, 5) is 0. The van der Waals surface area contributed by atoms with Crippen molar-refractivity contribution in [1.29, 1.82) is 0 Å². The van der Waals surface area contributed by atoms with E-state index in [1.165, 1.54) is 0 Å². The van der Waals surface area contributed by atoms with Crippen LogP contribution in [-0.4, -0.2) is 20.3 Å². The van der Waals surface area contributed by atoms with Crippen molar-refractivity contribution in [3.63, 3.8) is 0 Å². The summed E-state index contributed by atoms with van der Waals surface area (Å²) in [5.74, 6) is 2.36. The number of benzene rings is 2. The van der Waals surface area contributed by atoms with E-state index in [0.29, 0.717) is 18.2 Å². The van der Waals surface area contributed by atoms with Crippen molar-refractivity contribution in [2.75, 3.05) is 20.3 Å². The van der Waals surface area contributed by atoms with Crippen LogP contribution in [0, 0.1) is 0 Å². The number of methoxy groups -OCH3 is 1. The molecule has 0 aliphatic heterocycles. The number of halogens is 2. The summed E-state index contributed by atoms with van der Waals surface area (Å²) in [5, 5.41) is 0.676. The predicted molar refractivity (Wildman–Crippen MR) is 87.8 cm³/mol. The maximum absolute atomic E-state index is 5.88. The van der Waals surface area contributed by atoms with Crippen LogP contribution in [0.4, 0.5) is 0 Å². The summed E-state index contributed by atoms with van der Waals surface area (Å²) in [6.07, 6.45) is 0.784. The molecule has 0 fully saturated rings. The fraction of sp³-hybridized carbons (Fsp3) is 0.250. The molecular weight excluding hydrogens is 356 g/mol. The summed E-state index contributed by atoms with van der Waals surface area (Å²) in [6, 6.07) is 13.0. The molecule has 2 rings (SSSR count). The van der Waals surface area contributed by atoms with Gasteiger partial charge in [-0.15, -0.1) is 0 Å². The highest BCUT2D eigenvalue weighted by molar-refractivity contribution is 9.10. The first-order chi connectivity index (χ1) is 10.2. The highest BCUT2D eigenvalue weighted by Gasteiger charge is 2.02. The highest BCUT2D eigenvalue weighted by atomic mass is 79.9. The van der Waals surface area contributed by atoms with Gasteiger partial charge in [0.2, 0.25) is 0 Å². The Morgan fingerprint density at radius 1 is 1.00 bits per heavy atom. The molecule has 0 radical (unpaired) electrons. The van der Waals surface area contributed by atoms with Gasteiger partial charge in [0.15, 0.2) is 0 Å². The van der Waals surface area contributed by atoms with E-state index in [0.717, 1.165) is 28.1 Å². The van der Waals surface area contributed by atoms with Crippen LogP contribution in [-0.2, 0) is 0 Å². The average Bonchev–Trinajstić information content (AvgIpc) is 2.49. The third kappa shape index (κ3) is 5.14. The smallest absolute Gasteiger partial charge is 0.133 e. The number of rotatable bonds is 7. The van der Waals surface area contributed by atoms with E-state index in [2.05, 4.69) is 15.9 Å². The Balaban J connectivity index is 1.72. The van der Waals surface area contributed by atoms with Gasteiger partial charge in [0.05, 0.1) is 24.8 Å². The van der Waals surface area contributed by atoms with Crippen LogP contribution >= 0.6 is 27.5 Å². The number of hydrogen-bond acceptors (Lipinski definition) is 3. The lowest BCUT2D eigenvalue weighted by atomic mass is 10.3. The topological polar surface area (TPSA) is 27.7 Å². The van der Waals surface area contributed by atoms with E-state index in [1.807, 2.05) is 36.4 Å². The zero-order valence-electron chi connectivity index (χ0n) is 11.6. The molecule has 21 heavy (non-hydrogen) atoms. The summed E-state index contributed by atoms with van der Waals surface area (Å²) < 4.78 is 17.3. The molecule has 0 bridgehead atoms. The monoisotopic (exact) mass is 370 g/mol. The van der Waals surface area contributed by atoms with Crippen LogP contribution in [0.1, 0.15) is 6.42 Å². The molecule has 0 aliphatic rings. The summed E-state index contributed by atoms with van der Waals surface area (Å²) in [5.41, 5.74) is 0. The Morgan fingerprint density at radius 2 is 1.76 bits per heavy atom. The quantitative estimate of drug-likeness (QED) is 0.644. The van der Waals surface area contributed by atoms with Gasteiger partial charge in [-0.2, -0.15) is 0 Å². The SMILES string of the molecule is COc1cccc(OCCCOc2ccc(Cl)cc2Br)c1. The minimum absolute atomic E-state index is 0.574. The van der Waals surface area contributed by atoms with Gasteiger partial charge in [0.1, 0.15) is 17.2 Å². The molecule has 0 atom stereocenters. The molecule has 3 nitrogen and oxygen atoms in total. The fourth-order valence-electron chi connectivity index (χ4n) is 1.71. The first kappa shape index (κ1) is 16.0. The Kier molecular flexibility index (Phi) is 6.21. The maximum Gasteiger partial charge on any atom is 0.133 e. The summed E-state index contributed by atoms with van der Waals surface area (Å²) in [6.45, 7) is 1.16. The summed E-state index contributed by atoms with van der Waals surface area (Å²) >= 11 is 9.29. The minimum atomic E-state index is 0.574. The van der Waals surface area contributed by atoms with Crippen LogP contribution in [0.15, 0.2) is 46.9 Å². The third-order valence-electron chi connectivity index (χ3n) is 2.75. The molecule has 0 aromatic heterocycles. The van der Waals surface area contributed by atoms with E-state index < -0.39 is 0 Å². The molecule has 0 saturated heterocycles. The van der Waals surface area contributed by atoms with Gasteiger partial charge < -0.3 is 14.2 Å². The second-order valence-corrected chi connectivity index (χ2v) is 5.59. The van der Waals surface area contributed by atoms with Gasteiger partial charge in [-0.1, -0.05) is 17.7 Å². The standard InChI is InChI=1S/C16H16BrClO3/c1-19-13-4-2-5-14(11-13)20-8-3-9-21-16-7-6-12(18)10-15(16)17/h2,4-7,10-11H,3,8-9H2,1H3. The molecule has 0 spiro atoms. The Hall–Kier alpha value is -1.39. The second kappa shape index (κ2) is 8.15. The lowest BCUT2D eigenvalue weighted by Gasteiger charge is -2.10. The van der Waals surface area contributed by atoms with Crippen LogP contribution in [0.2, 0.25) is 5.02 Å². The predicted octanol–water partition coefficient (Wildman–Crippen LogP) is 4.96. The molecule has 5 heteroatoms. The molecule has 0 N–H and O–H groups in total. The van der Waals surface area contributed by atoms with Gasteiger partial charge in [-0.25, -0.2) is 0 Å². The van der Waals surface area contributed by atoms with Gasteiger partial charge in [0, 0.05) is 17.5 Å². The van der Waals surface area contributed by atoms with Crippen molar-refractivity contribution in [3.05, 3.63) is 52.0 Å². The van der Waals surface area contributed by atoms with Crippen molar-refractivity contribution >= 4 is 27.5 Å². The van der Waals surface area contributed by atoms with Crippen LogP contribution in [0.25, 0.3) is 0 Å². The maximum atomic E-state index is 5.88. The molecule has 2 aromatic rings. The Bertz CT molecular complexity index is 589. The van der Waals surface area contributed by atoms with E-state index in [4.69, 9.17) is 25.8 Å². The first-order valence-corrected chi connectivity index (χ1v) is 7.71. The normalized spacial score (nSPS) is 10.2. The molecule has 0 aliphatic carbocycles. The van der Waals surface area contributed by atoms with E-state index in [-0.39, 0.29) is 0 Å². The Labute approximate surface area is 137 Å². The van der Waals surface area contributed by atoms with E-state index >= 15 is 0 Å². The van der Waals surface area contributed by atoms with Crippen molar-refractivity contribution in [2.45, 2.75) is 6.42 Å². The molecule has 0 unspecified atom stereocenters.